The summed E-state index contributed by atoms with van der Waals surface area (Å²) >= 11 is 0. The number of rotatable bonds is 4. The van der Waals surface area contributed by atoms with Crippen molar-refractivity contribution in [2.75, 3.05) is 13.1 Å². The summed E-state index contributed by atoms with van der Waals surface area (Å²) in [6.45, 7) is 3.44. The number of amides is 2. The number of carbonyl (C=O) groups excluding carboxylic acids is 1. The number of likely N-dealkylation sites (tertiary alicyclic amines) is 1. The van der Waals surface area contributed by atoms with Crippen LogP contribution in [-0.2, 0) is 0 Å². The Morgan fingerprint density at radius 1 is 1.41 bits per heavy atom. The second kappa shape index (κ2) is 6.60. The molecule has 6 heteroatoms. The molecule has 0 spiro atoms. The molecule has 1 fully saturated rings. The molecule has 0 radical (unpaired) electrons. The molecule has 1 aromatic carbocycles. The van der Waals surface area contributed by atoms with E-state index >= 15 is 0 Å². The second-order valence-corrected chi connectivity index (χ2v) is 5.41. The molecule has 1 aliphatic rings. The van der Waals surface area contributed by atoms with Crippen molar-refractivity contribution >= 4 is 6.03 Å². The molecule has 0 bridgehead atoms. The van der Waals surface area contributed by atoms with Crippen molar-refractivity contribution in [3.8, 4) is 11.4 Å². The van der Waals surface area contributed by atoms with Gasteiger partial charge in [-0.25, -0.2) is 4.79 Å². The molecule has 1 saturated heterocycles. The molecule has 2 aromatic rings. The van der Waals surface area contributed by atoms with Crippen LogP contribution in [-0.4, -0.2) is 34.2 Å². The monoisotopic (exact) mass is 300 g/mol. The summed E-state index contributed by atoms with van der Waals surface area (Å²) in [5.74, 6) is 1.08. The average molecular weight is 300 g/mol. The number of hydrogen-bond acceptors (Lipinski definition) is 4. The molecule has 0 saturated carbocycles. The average Bonchev–Trinajstić information content (AvgIpc) is 3.22. The van der Waals surface area contributed by atoms with Gasteiger partial charge in [0.15, 0.2) is 0 Å². The van der Waals surface area contributed by atoms with Gasteiger partial charge in [-0.15, -0.1) is 0 Å². The third-order valence-electron chi connectivity index (χ3n) is 3.80. The zero-order chi connectivity index (χ0) is 15.4. The van der Waals surface area contributed by atoms with Crippen molar-refractivity contribution in [3.63, 3.8) is 0 Å². The summed E-state index contributed by atoms with van der Waals surface area (Å²) in [7, 11) is 0. The fourth-order valence-corrected chi connectivity index (χ4v) is 2.68. The van der Waals surface area contributed by atoms with Crippen LogP contribution in [0.15, 0.2) is 34.9 Å². The minimum Gasteiger partial charge on any atom is -0.338 e. The van der Waals surface area contributed by atoms with Crippen LogP contribution in [0.25, 0.3) is 11.4 Å². The highest BCUT2D eigenvalue weighted by molar-refractivity contribution is 5.74. The molecule has 2 amide bonds. The van der Waals surface area contributed by atoms with Crippen molar-refractivity contribution in [1.82, 2.24) is 20.4 Å². The minimum atomic E-state index is -0.123. The number of hydrogen-bond donors (Lipinski definition) is 1. The van der Waals surface area contributed by atoms with Gasteiger partial charge in [0.25, 0.3) is 0 Å². The largest absolute Gasteiger partial charge is 0.338 e. The number of urea groups is 1. The van der Waals surface area contributed by atoms with Crippen LogP contribution < -0.4 is 5.32 Å². The van der Waals surface area contributed by atoms with Crippen LogP contribution in [0.5, 0.6) is 0 Å². The highest BCUT2D eigenvalue weighted by Crippen LogP contribution is 2.31. The smallest absolute Gasteiger partial charge is 0.318 e. The van der Waals surface area contributed by atoms with Crippen molar-refractivity contribution in [2.24, 2.45) is 0 Å². The second-order valence-electron chi connectivity index (χ2n) is 5.41. The molecule has 6 nitrogen and oxygen atoms in total. The Morgan fingerprint density at radius 3 is 3.00 bits per heavy atom. The first-order valence-corrected chi connectivity index (χ1v) is 7.73. The van der Waals surface area contributed by atoms with Crippen molar-refractivity contribution in [1.29, 1.82) is 0 Å². The van der Waals surface area contributed by atoms with E-state index in [1.54, 1.807) is 4.90 Å². The number of nitrogens with zero attached hydrogens (tertiary/aromatic N) is 3. The Balaban J connectivity index is 1.76. The SMILES string of the molecule is CCCNC(=O)N1CCC[C@H]1c1nc(-c2ccccc2)no1. The molecule has 0 aliphatic carbocycles. The molecule has 22 heavy (non-hydrogen) atoms. The number of carbonyl (C=O) groups is 1. The summed E-state index contributed by atoms with van der Waals surface area (Å²) in [6, 6.07) is 9.52. The van der Waals surface area contributed by atoms with Gasteiger partial charge in [0.1, 0.15) is 6.04 Å². The van der Waals surface area contributed by atoms with Crippen molar-refractivity contribution < 1.29 is 9.32 Å². The third kappa shape index (κ3) is 2.95. The first kappa shape index (κ1) is 14.6. The standard InChI is InChI=1S/C16H20N4O2/c1-2-10-17-16(21)20-11-6-9-13(20)15-18-14(19-22-15)12-7-4-3-5-8-12/h3-5,7-8,13H,2,6,9-11H2,1H3,(H,17,21)/t13-/m0/s1. The molecule has 3 rings (SSSR count). The Kier molecular flexibility index (Phi) is 4.37. The number of aromatic nitrogens is 2. The predicted molar refractivity (Wildman–Crippen MR) is 82.1 cm³/mol. The van der Waals surface area contributed by atoms with E-state index in [0.717, 1.165) is 31.4 Å². The Morgan fingerprint density at radius 2 is 2.23 bits per heavy atom. The molecular weight excluding hydrogens is 280 g/mol. The summed E-state index contributed by atoms with van der Waals surface area (Å²) in [5, 5.41) is 6.95. The van der Waals surface area contributed by atoms with E-state index in [9.17, 15) is 4.79 Å². The lowest BCUT2D eigenvalue weighted by atomic mass is 10.2. The van der Waals surface area contributed by atoms with E-state index in [1.807, 2.05) is 37.3 Å². The first-order chi connectivity index (χ1) is 10.8. The summed E-state index contributed by atoms with van der Waals surface area (Å²) in [4.78, 5) is 18.5. The van der Waals surface area contributed by atoms with Gasteiger partial charge in [-0.05, 0) is 19.3 Å². The highest BCUT2D eigenvalue weighted by atomic mass is 16.5. The third-order valence-corrected chi connectivity index (χ3v) is 3.80. The summed E-state index contributed by atoms with van der Waals surface area (Å²) in [5.41, 5.74) is 0.914. The van der Waals surface area contributed by atoms with E-state index in [1.165, 1.54) is 0 Å². The van der Waals surface area contributed by atoms with Crippen molar-refractivity contribution in [2.45, 2.75) is 32.2 Å². The van der Waals surface area contributed by atoms with Gasteiger partial charge < -0.3 is 14.7 Å². The van der Waals surface area contributed by atoms with E-state index in [-0.39, 0.29) is 12.1 Å². The fourth-order valence-electron chi connectivity index (χ4n) is 2.68. The quantitative estimate of drug-likeness (QED) is 0.942. The van der Waals surface area contributed by atoms with Gasteiger partial charge in [0.05, 0.1) is 0 Å². The zero-order valence-corrected chi connectivity index (χ0v) is 12.7. The highest BCUT2D eigenvalue weighted by Gasteiger charge is 2.33. The lowest BCUT2D eigenvalue weighted by Crippen LogP contribution is -2.39. The van der Waals surface area contributed by atoms with Gasteiger partial charge in [-0.2, -0.15) is 4.98 Å². The summed E-state index contributed by atoms with van der Waals surface area (Å²) in [6.07, 6.45) is 2.73. The fraction of sp³-hybridized carbons (Fsp3) is 0.438. The zero-order valence-electron chi connectivity index (χ0n) is 12.7. The molecule has 1 aliphatic heterocycles. The minimum absolute atomic E-state index is 0.0520. The molecule has 1 atom stereocenters. The molecule has 1 N–H and O–H groups in total. The maximum absolute atomic E-state index is 12.2. The first-order valence-electron chi connectivity index (χ1n) is 7.73. The lowest BCUT2D eigenvalue weighted by Gasteiger charge is -2.22. The maximum Gasteiger partial charge on any atom is 0.318 e. The van der Waals surface area contributed by atoms with Gasteiger partial charge in [0, 0.05) is 18.7 Å². The van der Waals surface area contributed by atoms with Crippen LogP contribution in [0.3, 0.4) is 0 Å². The Bertz CT molecular complexity index is 626. The normalized spacial score (nSPS) is 17.7. The van der Waals surface area contributed by atoms with E-state index in [2.05, 4.69) is 15.5 Å². The van der Waals surface area contributed by atoms with Crippen LogP contribution in [0, 0.1) is 0 Å². The van der Waals surface area contributed by atoms with Gasteiger partial charge in [-0.1, -0.05) is 42.4 Å². The molecule has 1 aromatic heterocycles. The topological polar surface area (TPSA) is 71.3 Å². The summed E-state index contributed by atoms with van der Waals surface area (Å²) < 4.78 is 5.41. The molecule has 116 valence electrons. The number of benzene rings is 1. The molecular formula is C16H20N4O2. The van der Waals surface area contributed by atoms with Crippen molar-refractivity contribution in [3.05, 3.63) is 36.2 Å². The molecule has 2 heterocycles. The van der Waals surface area contributed by atoms with E-state index in [4.69, 9.17) is 4.52 Å². The van der Waals surface area contributed by atoms with Crippen LogP contribution >= 0.6 is 0 Å². The number of nitrogens with one attached hydrogen (secondary N) is 1. The van der Waals surface area contributed by atoms with Crippen LogP contribution in [0.4, 0.5) is 4.79 Å². The Hall–Kier alpha value is -2.37. The van der Waals surface area contributed by atoms with Crippen LogP contribution in [0.1, 0.15) is 38.1 Å². The van der Waals surface area contributed by atoms with Crippen LogP contribution in [0.2, 0.25) is 0 Å². The van der Waals surface area contributed by atoms with Gasteiger partial charge in [0.2, 0.25) is 11.7 Å². The Labute approximate surface area is 129 Å². The van der Waals surface area contributed by atoms with E-state index in [0.29, 0.717) is 18.3 Å². The lowest BCUT2D eigenvalue weighted by molar-refractivity contribution is 0.180. The van der Waals surface area contributed by atoms with E-state index < -0.39 is 0 Å². The predicted octanol–water partition coefficient (Wildman–Crippen LogP) is 2.99. The van der Waals surface area contributed by atoms with Gasteiger partial charge >= 0.3 is 6.03 Å². The maximum atomic E-state index is 12.2. The molecule has 0 unspecified atom stereocenters. The van der Waals surface area contributed by atoms with Gasteiger partial charge in [-0.3, -0.25) is 0 Å².